The van der Waals surface area contributed by atoms with Crippen LogP contribution in [0.25, 0.3) is 0 Å². The highest BCUT2D eigenvalue weighted by Gasteiger charge is 2.34. The van der Waals surface area contributed by atoms with Crippen molar-refractivity contribution in [1.82, 2.24) is 10.2 Å². The van der Waals surface area contributed by atoms with Crippen LogP contribution in [0.3, 0.4) is 0 Å². The Kier molecular flexibility index (Phi) is 3.82. The van der Waals surface area contributed by atoms with Gasteiger partial charge in [0.25, 0.3) is 0 Å². The molecule has 0 aromatic rings. The first-order chi connectivity index (χ1) is 7.72. The largest absolute Gasteiger partial charge is 0.380 e. The molecule has 0 aliphatic carbocycles. The van der Waals surface area contributed by atoms with Gasteiger partial charge in [0, 0.05) is 20.2 Å². The third kappa shape index (κ3) is 2.38. The Hall–Kier alpha value is -0.610. The van der Waals surface area contributed by atoms with Crippen LogP contribution < -0.4 is 5.32 Å². The van der Waals surface area contributed by atoms with Gasteiger partial charge in [-0.3, -0.25) is 4.79 Å². The van der Waals surface area contributed by atoms with Gasteiger partial charge in [-0.1, -0.05) is 6.92 Å². The normalized spacial score (nSPS) is 35.4. The second-order valence-electron chi connectivity index (χ2n) is 4.98. The molecule has 1 N–H and O–H groups in total. The SMILES string of the molecule is COC1CCCN(C(=O)C2NCCC2C)C1. The molecule has 3 atom stereocenters. The molecule has 2 fully saturated rings. The number of carbonyl (C=O) groups excluding carboxylic acids is 1. The average molecular weight is 226 g/mol. The molecule has 0 radical (unpaired) electrons. The van der Waals surface area contributed by atoms with E-state index in [1.807, 2.05) is 4.90 Å². The minimum atomic E-state index is 0.0376. The molecule has 0 saturated carbocycles. The van der Waals surface area contributed by atoms with Gasteiger partial charge in [0.15, 0.2) is 0 Å². The second-order valence-corrected chi connectivity index (χ2v) is 4.98. The number of likely N-dealkylation sites (tertiary alicyclic amines) is 1. The van der Waals surface area contributed by atoms with E-state index in [0.717, 1.165) is 38.9 Å². The summed E-state index contributed by atoms with van der Waals surface area (Å²) in [6, 6.07) is 0.0376. The molecule has 0 aromatic carbocycles. The first-order valence-electron chi connectivity index (χ1n) is 6.27. The third-order valence-electron chi connectivity index (χ3n) is 3.82. The number of methoxy groups -OCH3 is 1. The number of amides is 1. The van der Waals surface area contributed by atoms with Crippen molar-refractivity contribution in [3.05, 3.63) is 0 Å². The van der Waals surface area contributed by atoms with Gasteiger partial charge in [-0.05, 0) is 31.7 Å². The van der Waals surface area contributed by atoms with E-state index in [1.54, 1.807) is 7.11 Å². The van der Waals surface area contributed by atoms with Gasteiger partial charge in [0.1, 0.15) is 0 Å². The van der Waals surface area contributed by atoms with E-state index in [1.165, 1.54) is 0 Å². The number of hydrogen-bond acceptors (Lipinski definition) is 3. The summed E-state index contributed by atoms with van der Waals surface area (Å²) in [5, 5.41) is 3.30. The van der Waals surface area contributed by atoms with Crippen molar-refractivity contribution >= 4 is 5.91 Å². The summed E-state index contributed by atoms with van der Waals surface area (Å²) < 4.78 is 5.35. The Morgan fingerprint density at radius 2 is 2.25 bits per heavy atom. The van der Waals surface area contributed by atoms with Crippen LogP contribution >= 0.6 is 0 Å². The molecule has 0 spiro atoms. The maximum Gasteiger partial charge on any atom is 0.240 e. The van der Waals surface area contributed by atoms with Crippen molar-refractivity contribution in [3.63, 3.8) is 0 Å². The van der Waals surface area contributed by atoms with E-state index in [9.17, 15) is 4.79 Å². The Labute approximate surface area is 97.3 Å². The number of piperidine rings is 1. The monoisotopic (exact) mass is 226 g/mol. The highest BCUT2D eigenvalue weighted by atomic mass is 16.5. The first kappa shape index (κ1) is 11.9. The molecule has 2 heterocycles. The molecule has 3 unspecified atom stereocenters. The molecule has 16 heavy (non-hydrogen) atoms. The molecule has 2 rings (SSSR count). The van der Waals surface area contributed by atoms with Gasteiger partial charge >= 0.3 is 0 Å². The summed E-state index contributed by atoms with van der Waals surface area (Å²) in [5.74, 6) is 0.738. The molecule has 2 aliphatic heterocycles. The number of nitrogens with zero attached hydrogens (tertiary/aromatic N) is 1. The molecule has 1 amide bonds. The Balaban J connectivity index is 1.93. The van der Waals surface area contributed by atoms with Crippen LogP contribution in [0.2, 0.25) is 0 Å². The Morgan fingerprint density at radius 3 is 2.88 bits per heavy atom. The van der Waals surface area contributed by atoms with E-state index in [0.29, 0.717) is 5.92 Å². The fourth-order valence-corrected chi connectivity index (χ4v) is 2.69. The fraction of sp³-hybridized carbons (Fsp3) is 0.917. The predicted octanol–water partition coefficient (Wildman–Crippen LogP) is 0.622. The smallest absolute Gasteiger partial charge is 0.240 e. The Bertz CT molecular complexity index is 257. The number of rotatable bonds is 2. The maximum atomic E-state index is 12.3. The van der Waals surface area contributed by atoms with Crippen molar-refractivity contribution < 1.29 is 9.53 Å². The van der Waals surface area contributed by atoms with Crippen molar-refractivity contribution in [2.24, 2.45) is 5.92 Å². The summed E-state index contributed by atoms with van der Waals surface area (Å²) in [6.45, 7) is 4.78. The quantitative estimate of drug-likeness (QED) is 0.750. The zero-order valence-corrected chi connectivity index (χ0v) is 10.2. The van der Waals surface area contributed by atoms with Crippen LogP contribution in [-0.2, 0) is 9.53 Å². The number of ether oxygens (including phenoxy) is 1. The lowest BCUT2D eigenvalue weighted by molar-refractivity contribution is -0.137. The zero-order valence-electron chi connectivity index (χ0n) is 10.2. The average Bonchev–Trinajstić information content (AvgIpc) is 2.74. The van der Waals surface area contributed by atoms with Gasteiger partial charge in [0.2, 0.25) is 5.91 Å². The summed E-state index contributed by atoms with van der Waals surface area (Å²) in [5.41, 5.74) is 0. The fourth-order valence-electron chi connectivity index (χ4n) is 2.69. The highest BCUT2D eigenvalue weighted by Crippen LogP contribution is 2.19. The van der Waals surface area contributed by atoms with E-state index < -0.39 is 0 Å². The molecule has 4 heteroatoms. The van der Waals surface area contributed by atoms with Gasteiger partial charge in [0.05, 0.1) is 12.1 Å². The molecule has 92 valence electrons. The standard InChI is InChI=1S/C12H22N2O2/c1-9-5-6-13-11(9)12(15)14-7-3-4-10(8-14)16-2/h9-11,13H,3-8H2,1-2H3. The summed E-state index contributed by atoms with van der Waals surface area (Å²) >= 11 is 0. The highest BCUT2D eigenvalue weighted by molar-refractivity contribution is 5.82. The van der Waals surface area contributed by atoms with Crippen LogP contribution in [0.1, 0.15) is 26.2 Å². The van der Waals surface area contributed by atoms with Crippen molar-refractivity contribution in [3.8, 4) is 0 Å². The Morgan fingerprint density at radius 1 is 1.44 bits per heavy atom. The molecule has 2 aliphatic rings. The van der Waals surface area contributed by atoms with Gasteiger partial charge in [-0.25, -0.2) is 0 Å². The van der Waals surface area contributed by atoms with Crippen molar-refractivity contribution in [2.45, 2.75) is 38.3 Å². The maximum absolute atomic E-state index is 12.3. The molecular weight excluding hydrogens is 204 g/mol. The summed E-state index contributed by atoms with van der Waals surface area (Å²) in [4.78, 5) is 14.2. The van der Waals surface area contributed by atoms with E-state index in [4.69, 9.17) is 4.74 Å². The van der Waals surface area contributed by atoms with Crippen LogP contribution in [0.5, 0.6) is 0 Å². The molecule has 0 bridgehead atoms. The number of hydrogen-bond donors (Lipinski definition) is 1. The summed E-state index contributed by atoms with van der Waals surface area (Å²) in [7, 11) is 1.73. The number of carbonyl (C=O) groups is 1. The first-order valence-corrected chi connectivity index (χ1v) is 6.27. The third-order valence-corrected chi connectivity index (χ3v) is 3.82. The molecule has 4 nitrogen and oxygen atoms in total. The lowest BCUT2D eigenvalue weighted by Crippen LogP contribution is -2.50. The van der Waals surface area contributed by atoms with E-state index in [2.05, 4.69) is 12.2 Å². The second kappa shape index (κ2) is 5.15. The van der Waals surface area contributed by atoms with Crippen molar-refractivity contribution in [2.75, 3.05) is 26.7 Å². The van der Waals surface area contributed by atoms with Crippen LogP contribution in [0.15, 0.2) is 0 Å². The van der Waals surface area contributed by atoms with E-state index in [-0.39, 0.29) is 18.1 Å². The molecule has 2 saturated heterocycles. The van der Waals surface area contributed by atoms with Crippen molar-refractivity contribution in [1.29, 1.82) is 0 Å². The minimum Gasteiger partial charge on any atom is -0.380 e. The lowest BCUT2D eigenvalue weighted by atomic mass is 10.0. The van der Waals surface area contributed by atoms with Gasteiger partial charge in [-0.15, -0.1) is 0 Å². The topological polar surface area (TPSA) is 41.6 Å². The predicted molar refractivity (Wildman–Crippen MR) is 62.2 cm³/mol. The molecular formula is C12H22N2O2. The van der Waals surface area contributed by atoms with E-state index >= 15 is 0 Å². The molecule has 0 aromatic heterocycles. The number of nitrogens with one attached hydrogen (secondary N) is 1. The van der Waals surface area contributed by atoms with Crippen LogP contribution in [-0.4, -0.2) is 49.7 Å². The van der Waals surface area contributed by atoms with Crippen LogP contribution in [0, 0.1) is 5.92 Å². The zero-order chi connectivity index (χ0) is 11.5. The lowest BCUT2D eigenvalue weighted by Gasteiger charge is -2.34. The van der Waals surface area contributed by atoms with Gasteiger partial charge < -0.3 is 15.0 Å². The van der Waals surface area contributed by atoms with Crippen LogP contribution in [0.4, 0.5) is 0 Å². The van der Waals surface area contributed by atoms with Gasteiger partial charge in [-0.2, -0.15) is 0 Å². The minimum absolute atomic E-state index is 0.0376. The summed E-state index contributed by atoms with van der Waals surface area (Å²) in [6.07, 6.45) is 3.48.